The lowest BCUT2D eigenvalue weighted by molar-refractivity contribution is -0.126. The standard InChI is InChI=1S/C23H24F2N4O4/c24-23(25)33-20-8-2-5-16-15(20)11-17(28-16)22(32)29-9-3-6-18(29)21(31)27-14(12-26)10-13-4-1-7-19(13)30/h2,5,8,11,13-14,18,23,28H,1,3-4,6-7,9-10H2,(H,27,31)/t13-,14-,18-/m0/s1. The molecule has 2 aliphatic rings. The molecule has 1 aliphatic heterocycles. The number of Topliss-reactive ketones (excluding diaryl/α,β-unsaturated/α-hetero) is 1. The zero-order valence-electron chi connectivity index (χ0n) is 17.9. The number of halogens is 2. The largest absolute Gasteiger partial charge is 0.434 e. The Morgan fingerprint density at radius 1 is 1.30 bits per heavy atom. The van der Waals surface area contributed by atoms with Crippen LogP contribution in [0, 0.1) is 17.2 Å². The average Bonchev–Trinajstić information content (AvgIpc) is 3.52. The Kier molecular flexibility index (Phi) is 6.58. The third-order valence-electron chi connectivity index (χ3n) is 6.31. The normalized spacial score (nSPS) is 21.4. The summed E-state index contributed by atoms with van der Waals surface area (Å²) in [5.74, 6) is -1.02. The van der Waals surface area contributed by atoms with Gasteiger partial charge in [-0.3, -0.25) is 14.4 Å². The van der Waals surface area contributed by atoms with Crippen molar-refractivity contribution in [2.45, 2.75) is 57.2 Å². The van der Waals surface area contributed by atoms with Gasteiger partial charge in [0.1, 0.15) is 29.3 Å². The molecule has 0 spiro atoms. The second-order valence-corrected chi connectivity index (χ2v) is 8.42. The fourth-order valence-electron chi connectivity index (χ4n) is 4.71. The molecule has 33 heavy (non-hydrogen) atoms. The van der Waals surface area contributed by atoms with Crippen molar-refractivity contribution >= 4 is 28.5 Å². The topological polar surface area (TPSA) is 115 Å². The van der Waals surface area contributed by atoms with Crippen molar-refractivity contribution in [2.24, 2.45) is 5.92 Å². The SMILES string of the molecule is N#C[C@H](C[C@@H]1CCCC1=O)NC(=O)[C@@H]1CCCN1C(=O)c1cc2c(OC(F)F)cccc2[nH]1. The van der Waals surface area contributed by atoms with Gasteiger partial charge in [0.15, 0.2) is 0 Å². The minimum atomic E-state index is -3.00. The molecular weight excluding hydrogens is 434 g/mol. The van der Waals surface area contributed by atoms with E-state index in [9.17, 15) is 28.4 Å². The number of hydrogen-bond acceptors (Lipinski definition) is 5. The van der Waals surface area contributed by atoms with E-state index >= 15 is 0 Å². The van der Waals surface area contributed by atoms with Gasteiger partial charge in [0.05, 0.1) is 6.07 Å². The first kappa shape index (κ1) is 22.7. The molecule has 1 saturated carbocycles. The molecular formula is C23H24F2N4O4. The lowest BCUT2D eigenvalue weighted by Gasteiger charge is -2.25. The fourth-order valence-corrected chi connectivity index (χ4v) is 4.71. The molecule has 2 heterocycles. The first-order valence-electron chi connectivity index (χ1n) is 11.0. The molecule has 2 N–H and O–H groups in total. The first-order chi connectivity index (χ1) is 15.9. The molecule has 1 aromatic carbocycles. The fraction of sp³-hybridized carbons (Fsp3) is 0.478. The molecule has 0 radical (unpaired) electrons. The number of carbonyl (C=O) groups excluding carboxylic acids is 3. The maximum absolute atomic E-state index is 13.2. The molecule has 3 atom stereocenters. The van der Waals surface area contributed by atoms with E-state index in [-0.39, 0.29) is 29.6 Å². The van der Waals surface area contributed by atoms with E-state index < -0.39 is 30.5 Å². The molecule has 1 aromatic heterocycles. The number of amides is 2. The van der Waals surface area contributed by atoms with E-state index in [0.29, 0.717) is 36.7 Å². The number of benzene rings is 1. The molecule has 0 bridgehead atoms. The first-order valence-corrected chi connectivity index (χ1v) is 11.0. The third kappa shape index (κ3) is 4.82. The Morgan fingerprint density at radius 3 is 2.82 bits per heavy atom. The molecule has 2 fully saturated rings. The summed E-state index contributed by atoms with van der Waals surface area (Å²) in [5.41, 5.74) is 0.617. The van der Waals surface area contributed by atoms with Gasteiger partial charge >= 0.3 is 6.61 Å². The molecule has 10 heteroatoms. The zero-order chi connectivity index (χ0) is 23.5. The van der Waals surface area contributed by atoms with Gasteiger partial charge < -0.3 is 19.9 Å². The van der Waals surface area contributed by atoms with Crippen molar-refractivity contribution in [3.63, 3.8) is 0 Å². The summed E-state index contributed by atoms with van der Waals surface area (Å²) in [5, 5.41) is 12.5. The summed E-state index contributed by atoms with van der Waals surface area (Å²) in [4.78, 5) is 42.3. The zero-order valence-corrected chi connectivity index (χ0v) is 17.9. The van der Waals surface area contributed by atoms with Crippen LogP contribution in [0.4, 0.5) is 8.78 Å². The van der Waals surface area contributed by atoms with Crippen LogP contribution in [0.1, 0.15) is 49.0 Å². The highest BCUT2D eigenvalue weighted by Crippen LogP contribution is 2.30. The number of likely N-dealkylation sites (tertiary alicyclic amines) is 1. The lowest BCUT2D eigenvalue weighted by atomic mass is 9.98. The number of H-pyrrole nitrogens is 1. The van der Waals surface area contributed by atoms with E-state index in [1.807, 2.05) is 0 Å². The predicted molar refractivity (Wildman–Crippen MR) is 113 cm³/mol. The highest BCUT2D eigenvalue weighted by molar-refractivity contribution is 6.01. The summed E-state index contributed by atoms with van der Waals surface area (Å²) in [6.45, 7) is -2.64. The van der Waals surface area contributed by atoms with Gasteiger partial charge in [-0.05, 0) is 50.3 Å². The monoisotopic (exact) mass is 458 g/mol. The van der Waals surface area contributed by atoms with E-state index in [0.717, 1.165) is 12.8 Å². The summed E-state index contributed by atoms with van der Waals surface area (Å²) in [6.07, 6.45) is 3.36. The Balaban J connectivity index is 1.47. The summed E-state index contributed by atoms with van der Waals surface area (Å²) < 4.78 is 29.9. The van der Waals surface area contributed by atoms with Crippen molar-refractivity contribution in [1.29, 1.82) is 5.26 Å². The second kappa shape index (κ2) is 9.57. The van der Waals surface area contributed by atoms with Crippen molar-refractivity contribution in [2.75, 3.05) is 6.54 Å². The smallest absolute Gasteiger partial charge is 0.387 e. The molecule has 8 nitrogen and oxygen atoms in total. The molecule has 1 aliphatic carbocycles. The number of rotatable bonds is 7. The number of nitriles is 1. The van der Waals surface area contributed by atoms with E-state index in [4.69, 9.17) is 0 Å². The Hall–Kier alpha value is -3.48. The van der Waals surface area contributed by atoms with Crippen LogP contribution in [0.15, 0.2) is 24.3 Å². The molecule has 2 aromatic rings. The molecule has 0 unspecified atom stereocenters. The predicted octanol–water partition coefficient (Wildman–Crippen LogP) is 3.14. The van der Waals surface area contributed by atoms with Crippen LogP contribution in [0.25, 0.3) is 10.9 Å². The van der Waals surface area contributed by atoms with Gasteiger partial charge in [0, 0.05) is 29.8 Å². The van der Waals surface area contributed by atoms with Gasteiger partial charge in [-0.15, -0.1) is 0 Å². The van der Waals surface area contributed by atoms with E-state index in [1.165, 1.54) is 23.1 Å². The molecule has 174 valence electrons. The lowest BCUT2D eigenvalue weighted by Crippen LogP contribution is -2.49. The van der Waals surface area contributed by atoms with Gasteiger partial charge in [-0.1, -0.05) is 6.07 Å². The maximum atomic E-state index is 13.2. The number of carbonyl (C=O) groups is 3. The average molecular weight is 458 g/mol. The van der Waals surface area contributed by atoms with Crippen LogP contribution in [0.2, 0.25) is 0 Å². The maximum Gasteiger partial charge on any atom is 0.387 e. The van der Waals surface area contributed by atoms with Gasteiger partial charge in [0.25, 0.3) is 5.91 Å². The highest BCUT2D eigenvalue weighted by atomic mass is 19.3. The van der Waals surface area contributed by atoms with Gasteiger partial charge in [-0.25, -0.2) is 0 Å². The minimum Gasteiger partial charge on any atom is -0.434 e. The van der Waals surface area contributed by atoms with Gasteiger partial charge in [0.2, 0.25) is 5.91 Å². The number of nitrogens with zero attached hydrogens (tertiary/aromatic N) is 2. The van der Waals surface area contributed by atoms with Gasteiger partial charge in [-0.2, -0.15) is 14.0 Å². The Bertz CT molecular complexity index is 1110. The summed E-state index contributed by atoms with van der Waals surface area (Å²) in [7, 11) is 0. The van der Waals surface area contributed by atoms with E-state index in [1.54, 1.807) is 6.07 Å². The summed E-state index contributed by atoms with van der Waals surface area (Å²) >= 11 is 0. The van der Waals surface area contributed by atoms with Crippen molar-refractivity contribution in [1.82, 2.24) is 15.2 Å². The Morgan fingerprint density at radius 2 is 2.12 bits per heavy atom. The van der Waals surface area contributed by atoms with Crippen LogP contribution in [-0.2, 0) is 9.59 Å². The number of ketones is 1. The van der Waals surface area contributed by atoms with Crippen molar-refractivity contribution in [3.8, 4) is 11.8 Å². The third-order valence-corrected chi connectivity index (χ3v) is 6.31. The molecule has 2 amide bonds. The molecule has 1 saturated heterocycles. The number of aromatic amines is 1. The summed E-state index contributed by atoms with van der Waals surface area (Å²) in [6, 6.07) is 6.50. The van der Waals surface area contributed by atoms with Crippen LogP contribution >= 0.6 is 0 Å². The molecule has 4 rings (SSSR count). The van der Waals surface area contributed by atoms with Crippen molar-refractivity contribution in [3.05, 3.63) is 30.0 Å². The number of ether oxygens (including phenoxy) is 1. The number of fused-ring (bicyclic) bond motifs is 1. The quantitative estimate of drug-likeness (QED) is 0.662. The Labute approximate surface area is 188 Å². The highest BCUT2D eigenvalue weighted by Gasteiger charge is 2.37. The number of hydrogen-bond donors (Lipinski definition) is 2. The minimum absolute atomic E-state index is 0.0492. The van der Waals surface area contributed by atoms with Crippen LogP contribution in [-0.4, -0.2) is 52.7 Å². The second-order valence-electron chi connectivity index (χ2n) is 8.42. The van der Waals surface area contributed by atoms with Crippen LogP contribution < -0.4 is 10.1 Å². The van der Waals surface area contributed by atoms with Crippen molar-refractivity contribution < 1.29 is 27.9 Å². The number of nitrogens with one attached hydrogen (secondary N) is 2. The number of aromatic nitrogens is 1. The van der Waals surface area contributed by atoms with Crippen LogP contribution in [0.5, 0.6) is 5.75 Å². The van der Waals surface area contributed by atoms with Crippen LogP contribution in [0.3, 0.4) is 0 Å². The number of alkyl halides is 2. The van der Waals surface area contributed by atoms with E-state index in [2.05, 4.69) is 21.1 Å².